The Morgan fingerprint density at radius 3 is 2.75 bits per heavy atom. The largest absolute Gasteiger partial charge is 0.497 e. The maximum absolute atomic E-state index is 13.1. The Kier molecular flexibility index (Phi) is 4.68. The van der Waals surface area contributed by atoms with E-state index in [4.69, 9.17) is 9.47 Å². The highest BCUT2D eigenvalue weighted by Gasteiger charge is 2.33. The van der Waals surface area contributed by atoms with Crippen molar-refractivity contribution in [2.24, 2.45) is 0 Å². The molecule has 2 aromatic carbocycles. The first-order valence-electron chi connectivity index (χ1n) is 8.20. The number of benzene rings is 2. The number of thiazole rings is 1. The van der Waals surface area contributed by atoms with Crippen LogP contribution in [0.15, 0.2) is 54.2 Å². The highest BCUT2D eigenvalue weighted by atomic mass is 32.1. The molecule has 2 aromatic heterocycles. The van der Waals surface area contributed by atoms with E-state index in [1.54, 1.807) is 29.5 Å². The van der Waals surface area contributed by atoms with Crippen LogP contribution >= 0.6 is 11.3 Å². The van der Waals surface area contributed by atoms with Crippen molar-refractivity contribution in [3.63, 3.8) is 0 Å². The van der Waals surface area contributed by atoms with E-state index in [0.717, 1.165) is 17.1 Å². The Morgan fingerprint density at radius 1 is 1.14 bits per heavy atom. The van der Waals surface area contributed by atoms with Crippen molar-refractivity contribution < 1.29 is 22.6 Å². The molecule has 9 heteroatoms. The molecule has 0 saturated carbocycles. The monoisotopic (exact) mass is 405 g/mol. The molecule has 0 saturated heterocycles. The third kappa shape index (κ3) is 3.53. The van der Waals surface area contributed by atoms with E-state index < -0.39 is 11.7 Å². The van der Waals surface area contributed by atoms with E-state index >= 15 is 0 Å². The zero-order chi connectivity index (χ0) is 19.7. The van der Waals surface area contributed by atoms with Gasteiger partial charge in [-0.2, -0.15) is 18.2 Å². The molecule has 0 radical (unpaired) electrons. The molecule has 0 aliphatic carbocycles. The number of nitrogens with zero attached hydrogens (tertiary/aromatic N) is 3. The summed E-state index contributed by atoms with van der Waals surface area (Å²) in [5.41, 5.74) is 0.935. The summed E-state index contributed by atoms with van der Waals surface area (Å²) in [6.45, 7) is -0.221. The molecule has 0 amide bonds. The van der Waals surface area contributed by atoms with Crippen molar-refractivity contribution in [1.29, 1.82) is 0 Å². The zero-order valence-electron chi connectivity index (χ0n) is 14.6. The average molecular weight is 405 g/mol. The van der Waals surface area contributed by atoms with Gasteiger partial charge in [0.25, 0.3) is 0 Å². The fraction of sp³-hybridized carbons (Fsp3) is 0.158. The van der Waals surface area contributed by atoms with E-state index in [0.29, 0.717) is 10.9 Å². The number of fused-ring (bicyclic) bond motifs is 1. The molecule has 0 atom stereocenters. The number of hydrogen-bond acceptors (Lipinski definition) is 5. The van der Waals surface area contributed by atoms with Gasteiger partial charge in [-0.05, 0) is 18.2 Å². The van der Waals surface area contributed by atoms with Crippen LogP contribution in [-0.2, 0) is 12.8 Å². The molecule has 4 aromatic rings. The van der Waals surface area contributed by atoms with Crippen molar-refractivity contribution in [1.82, 2.24) is 14.5 Å². The summed E-state index contributed by atoms with van der Waals surface area (Å²) in [4.78, 5) is 8.69. The molecule has 28 heavy (non-hydrogen) atoms. The van der Waals surface area contributed by atoms with Gasteiger partial charge in [-0.3, -0.25) is 4.57 Å². The molecule has 0 fully saturated rings. The fourth-order valence-electron chi connectivity index (χ4n) is 2.77. The summed E-state index contributed by atoms with van der Waals surface area (Å²) in [6.07, 6.45) is -2.80. The number of rotatable bonds is 5. The number of hydrogen-bond donors (Lipinski definition) is 0. The lowest BCUT2D eigenvalue weighted by atomic mass is 10.1. The van der Waals surface area contributed by atoms with Crippen LogP contribution in [0.2, 0.25) is 0 Å². The van der Waals surface area contributed by atoms with Crippen LogP contribution in [0.5, 0.6) is 11.6 Å². The van der Waals surface area contributed by atoms with Crippen LogP contribution in [0, 0.1) is 0 Å². The van der Waals surface area contributed by atoms with E-state index in [1.165, 1.54) is 23.5 Å². The van der Waals surface area contributed by atoms with Gasteiger partial charge in [0.15, 0.2) is 5.13 Å². The minimum absolute atomic E-state index is 0.0599. The Hall–Kier alpha value is -3.07. The number of halogens is 3. The van der Waals surface area contributed by atoms with Crippen LogP contribution in [0.1, 0.15) is 11.1 Å². The molecule has 0 spiro atoms. The molecule has 4 rings (SSSR count). The van der Waals surface area contributed by atoms with Crippen molar-refractivity contribution in [3.05, 3.63) is 65.3 Å². The summed E-state index contributed by atoms with van der Waals surface area (Å²) in [7, 11) is 1.58. The topological polar surface area (TPSA) is 49.2 Å². The van der Waals surface area contributed by atoms with E-state index in [9.17, 15) is 13.2 Å². The molecule has 0 unspecified atom stereocenters. The maximum Gasteiger partial charge on any atom is 0.416 e. The first kappa shape index (κ1) is 18.3. The van der Waals surface area contributed by atoms with Crippen molar-refractivity contribution in [2.75, 3.05) is 7.11 Å². The Labute approximate surface area is 162 Å². The first-order valence-corrected chi connectivity index (χ1v) is 9.08. The minimum Gasteiger partial charge on any atom is -0.497 e. The molecule has 0 aliphatic heterocycles. The minimum atomic E-state index is -4.43. The number of ether oxygens (including phenoxy) is 2. The average Bonchev–Trinajstić information content (AvgIpc) is 3.31. The fourth-order valence-corrected chi connectivity index (χ4v) is 3.50. The van der Waals surface area contributed by atoms with Crippen molar-refractivity contribution in [2.45, 2.75) is 12.8 Å². The zero-order valence-corrected chi connectivity index (χ0v) is 15.4. The van der Waals surface area contributed by atoms with Gasteiger partial charge in [0.2, 0.25) is 5.88 Å². The first-order chi connectivity index (χ1) is 13.5. The molecule has 0 aliphatic rings. The Balaban J connectivity index is 1.55. The number of imidazole rings is 1. The van der Waals surface area contributed by atoms with Crippen LogP contribution in [0.4, 0.5) is 13.2 Å². The summed E-state index contributed by atoms with van der Waals surface area (Å²) >= 11 is 1.31. The molecule has 5 nitrogen and oxygen atoms in total. The molecule has 2 heterocycles. The smallest absolute Gasteiger partial charge is 0.416 e. The van der Waals surface area contributed by atoms with Gasteiger partial charge in [-0.15, -0.1) is 11.3 Å². The molecule has 0 bridgehead atoms. The van der Waals surface area contributed by atoms with Crippen molar-refractivity contribution in [3.8, 4) is 16.8 Å². The molecule has 0 N–H and O–H groups in total. The molecular formula is C19H14F3N3O2S. The second-order valence-corrected chi connectivity index (χ2v) is 6.72. The normalized spacial score (nSPS) is 11.7. The van der Waals surface area contributed by atoms with Gasteiger partial charge in [0, 0.05) is 11.6 Å². The SMILES string of the molecule is COc1ccc2c(c1)ncn2-c1nc(OCc2ccccc2C(F)(F)F)cs1. The highest BCUT2D eigenvalue weighted by Crippen LogP contribution is 2.33. The van der Waals surface area contributed by atoms with E-state index in [2.05, 4.69) is 9.97 Å². The third-order valence-electron chi connectivity index (χ3n) is 4.13. The van der Waals surface area contributed by atoms with E-state index in [-0.39, 0.29) is 18.1 Å². The van der Waals surface area contributed by atoms with Gasteiger partial charge < -0.3 is 9.47 Å². The number of alkyl halides is 3. The van der Waals surface area contributed by atoms with Gasteiger partial charge in [-0.1, -0.05) is 18.2 Å². The van der Waals surface area contributed by atoms with Crippen LogP contribution in [0.3, 0.4) is 0 Å². The van der Waals surface area contributed by atoms with Gasteiger partial charge in [0.1, 0.15) is 18.7 Å². The lowest BCUT2D eigenvalue weighted by molar-refractivity contribution is -0.138. The van der Waals surface area contributed by atoms with Crippen LogP contribution in [-0.4, -0.2) is 21.6 Å². The van der Waals surface area contributed by atoms with Gasteiger partial charge >= 0.3 is 6.18 Å². The lowest BCUT2D eigenvalue weighted by Gasteiger charge is -2.12. The predicted octanol–water partition coefficient (Wildman–Crippen LogP) is 5.09. The standard InChI is InChI=1S/C19H14F3N3O2S/c1-26-13-6-7-16-15(8-13)23-11-25(16)18-24-17(10-28-18)27-9-12-4-2-3-5-14(12)19(20,21)22/h2-8,10-11H,9H2,1H3. The summed E-state index contributed by atoms with van der Waals surface area (Å²) < 4.78 is 51.7. The lowest BCUT2D eigenvalue weighted by Crippen LogP contribution is -2.10. The summed E-state index contributed by atoms with van der Waals surface area (Å²) in [6, 6.07) is 10.8. The second-order valence-electron chi connectivity index (χ2n) is 5.88. The van der Waals surface area contributed by atoms with Gasteiger partial charge in [0.05, 0.1) is 29.1 Å². The number of aromatic nitrogens is 3. The highest BCUT2D eigenvalue weighted by molar-refractivity contribution is 7.12. The van der Waals surface area contributed by atoms with Crippen molar-refractivity contribution >= 4 is 22.4 Å². The van der Waals surface area contributed by atoms with E-state index in [1.807, 2.05) is 18.2 Å². The van der Waals surface area contributed by atoms with Gasteiger partial charge in [-0.25, -0.2) is 4.98 Å². The van der Waals surface area contributed by atoms with Crippen LogP contribution < -0.4 is 9.47 Å². The summed E-state index contributed by atoms with van der Waals surface area (Å²) in [5, 5.41) is 2.26. The molecule has 144 valence electrons. The number of methoxy groups -OCH3 is 1. The third-order valence-corrected chi connectivity index (χ3v) is 4.95. The summed E-state index contributed by atoms with van der Waals surface area (Å²) in [5.74, 6) is 0.955. The second kappa shape index (κ2) is 7.16. The molecular weight excluding hydrogens is 391 g/mol. The Bertz CT molecular complexity index is 1120. The quantitative estimate of drug-likeness (QED) is 0.464. The maximum atomic E-state index is 13.1. The van der Waals surface area contributed by atoms with Crippen LogP contribution in [0.25, 0.3) is 16.2 Å². The predicted molar refractivity (Wildman–Crippen MR) is 99.1 cm³/mol. The Morgan fingerprint density at radius 2 is 1.96 bits per heavy atom.